The SMILES string of the molecule is O=C(NCc1cnn2ccccc12)c1ccccc1C(=O)c1ccccc1. The molecule has 1 N–H and O–H groups in total. The number of rotatable bonds is 5. The van der Waals surface area contributed by atoms with Crippen molar-refractivity contribution >= 4 is 17.2 Å². The van der Waals surface area contributed by atoms with E-state index in [0.29, 0.717) is 23.2 Å². The lowest BCUT2D eigenvalue weighted by Crippen LogP contribution is -2.25. The van der Waals surface area contributed by atoms with E-state index < -0.39 is 0 Å². The molecule has 27 heavy (non-hydrogen) atoms. The summed E-state index contributed by atoms with van der Waals surface area (Å²) in [6.07, 6.45) is 3.59. The minimum Gasteiger partial charge on any atom is -0.348 e. The van der Waals surface area contributed by atoms with Crippen molar-refractivity contribution in [3.8, 4) is 0 Å². The Morgan fingerprint density at radius 3 is 2.37 bits per heavy atom. The molecule has 2 heterocycles. The summed E-state index contributed by atoms with van der Waals surface area (Å²) >= 11 is 0. The maximum Gasteiger partial charge on any atom is 0.252 e. The van der Waals surface area contributed by atoms with Gasteiger partial charge in [-0.3, -0.25) is 9.59 Å². The molecule has 0 radical (unpaired) electrons. The predicted octanol–water partition coefficient (Wildman–Crippen LogP) is 3.50. The zero-order valence-corrected chi connectivity index (χ0v) is 14.5. The van der Waals surface area contributed by atoms with E-state index >= 15 is 0 Å². The summed E-state index contributed by atoms with van der Waals surface area (Å²) in [5, 5.41) is 7.16. The third-order valence-electron chi connectivity index (χ3n) is 4.40. The minimum atomic E-state index is -0.287. The van der Waals surface area contributed by atoms with Crippen LogP contribution in [0.2, 0.25) is 0 Å². The summed E-state index contributed by atoms with van der Waals surface area (Å²) in [4.78, 5) is 25.5. The topological polar surface area (TPSA) is 63.5 Å². The van der Waals surface area contributed by atoms with E-state index in [-0.39, 0.29) is 11.7 Å². The first-order valence-electron chi connectivity index (χ1n) is 8.62. The Bertz CT molecular complexity index is 1120. The zero-order valence-electron chi connectivity index (χ0n) is 14.5. The Morgan fingerprint density at radius 2 is 1.56 bits per heavy atom. The molecule has 0 fully saturated rings. The molecule has 0 aliphatic rings. The van der Waals surface area contributed by atoms with Crippen LogP contribution in [-0.2, 0) is 6.54 Å². The number of nitrogens with zero attached hydrogens (tertiary/aromatic N) is 2. The number of hydrogen-bond acceptors (Lipinski definition) is 3. The van der Waals surface area contributed by atoms with Crippen molar-refractivity contribution in [1.82, 2.24) is 14.9 Å². The van der Waals surface area contributed by atoms with E-state index in [1.807, 2.05) is 30.5 Å². The van der Waals surface area contributed by atoms with E-state index in [9.17, 15) is 9.59 Å². The van der Waals surface area contributed by atoms with Crippen LogP contribution in [0.25, 0.3) is 5.52 Å². The van der Waals surface area contributed by atoms with E-state index in [2.05, 4.69) is 10.4 Å². The number of amides is 1. The second kappa shape index (κ2) is 7.25. The normalized spacial score (nSPS) is 10.7. The molecule has 5 nitrogen and oxygen atoms in total. The lowest BCUT2D eigenvalue weighted by molar-refractivity contribution is 0.0940. The van der Waals surface area contributed by atoms with Gasteiger partial charge in [0.1, 0.15) is 0 Å². The van der Waals surface area contributed by atoms with Gasteiger partial charge in [0.15, 0.2) is 5.78 Å². The lowest BCUT2D eigenvalue weighted by Gasteiger charge is -2.09. The summed E-state index contributed by atoms with van der Waals surface area (Å²) < 4.78 is 1.76. The highest BCUT2D eigenvalue weighted by Crippen LogP contribution is 2.16. The monoisotopic (exact) mass is 355 g/mol. The molecule has 132 valence electrons. The molecule has 0 saturated heterocycles. The van der Waals surface area contributed by atoms with Gasteiger partial charge in [-0.15, -0.1) is 0 Å². The molecular weight excluding hydrogens is 338 g/mol. The van der Waals surface area contributed by atoms with Crippen molar-refractivity contribution in [3.63, 3.8) is 0 Å². The van der Waals surface area contributed by atoms with Crippen molar-refractivity contribution in [3.05, 3.63) is 107 Å². The highest BCUT2D eigenvalue weighted by Gasteiger charge is 2.18. The minimum absolute atomic E-state index is 0.169. The zero-order chi connectivity index (χ0) is 18.6. The van der Waals surface area contributed by atoms with Crippen LogP contribution in [0.3, 0.4) is 0 Å². The molecule has 4 rings (SSSR count). The Balaban J connectivity index is 1.57. The third kappa shape index (κ3) is 3.35. The van der Waals surface area contributed by atoms with Crippen LogP contribution in [0.1, 0.15) is 31.8 Å². The van der Waals surface area contributed by atoms with Crippen LogP contribution in [0.5, 0.6) is 0 Å². The molecule has 0 aliphatic heterocycles. The molecule has 1 amide bonds. The number of ketones is 1. The maximum absolute atomic E-state index is 12.8. The van der Waals surface area contributed by atoms with Gasteiger partial charge in [-0.25, -0.2) is 4.52 Å². The van der Waals surface area contributed by atoms with Gasteiger partial charge in [0.2, 0.25) is 0 Å². The average molecular weight is 355 g/mol. The van der Waals surface area contributed by atoms with Gasteiger partial charge in [0.05, 0.1) is 17.3 Å². The molecule has 0 spiro atoms. The van der Waals surface area contributed by atoms with Gasteiger partial charge in [0.25, 0.3) is 5.91 Å². The molecule has 0 aliphatic carbocycles. The maximum atomic E-state index is 12.8. The average Bonchev–Trinajstić information content (AvgIpc) is 3.15. The highest BCUT2D eigenvalue weighted by atomic mass is 16.2. The molecule has 4 aromatic rings. The summed E-state index contributed by atoms with van der Waals surface area (Å²) in [5.41, 5.74) is 3.16. The Labute approximate surface area is 156 Å². The quantitative estimate of drug-likeness (QED) is 0.557. The van der Waals surface area contributed by atoms with E-state index in [4.69, 9.17) is 0 Å². The van der Waals surface area contributed by atoms with Crippen molar-refractivity contribution in [2.75, 3.05) is 0 Å². The number of carbonyl (C=O) groups is 2. The first-order chi connectivity index (χ1) is 13.2. The van der Waals surface area contributed by atoms with Gasteiger partial charge in [0, 0.05) is 29.4 Å². The number of nitrogens with one attached hydrogen (secondary N) is 1. The molecule has 2 aromatic heterocycles. The smallest absolute Gasteiger partial charge is 0.252 e. The molecule has 5 heteroatoms. The van der Waals surface area contributed by atoms with Gasteiger partial charge >= 0.3 is 0 Å². The van der Waals surface area contributed by atoms with Crippen LogP contribution in [-0.4, -0.2) is 21.3 Å². The second-order valence-electron chi connectivity index (χ2n) is 6.12. The summed E-state index contributed by atoms with van der Waals surface area (Å²) in [6.45, 7) is 0.334. The van der Waals surface area contributed by atoms with Crippen LogP contribution in [0, 0.1) is 0 Å². The first-order valence-corrected chi connectivity index (χ1v) is 8.62. The number of benzene rings is 2. The lowest BCUT2D eigenvalue weighted by atomic mass is 9.98. The second-order valence-corrected chi connectivity index (χ2v) is 6.12. The summed E-state index contributed by atoms with van der Waals surface area (Å²) in [5.74, 6) is -0.456. The summed E-state index contributed by atoms with van der Waals surface area (Å²) in [7, 11) is 0. The molecule has 0 unspecified atom stereocenters. The molecule has 0 bridgehead atoms. The third-order valence-corrected chi connectivity index (χ3v) is 4.40. The van der Waals surface area contributed by atoms with Crippen molar-refractivity contribution in [2.24, 2.45) is 0 Å². The molecular formula is C22H17N3O2. The Morgan fingerprint density at radius 1 is 0.852 bits per heavy atom. The Kier molecular flexibility index (Phi) is 4.49. The van der Waals surface area contributed by atoms with Crippen LogP contribution in [0.4, 0.5) is 0 Å². The van der Waals surface area contributed by atoms with Crippen LogP contribution in [0.15, 0.2) is 85.2 Å². The number of pyridine rings is 1. The van der Waals surface area contributed by atoms with Crippen molar-refractivity contribution in [1.29, 1.82) is 0 Å². The number of hydrogen-bond donors (Lipinski definition) is 1. The molecule has 0 atom stereocenters. The first kappa shape index (κ1) is 16.7. The fraction of sp³-hybridized carbons (Fsp3) is 0.0455. The number of aromatic nitrogens is 2. The fourth-order valence-corrected chi connectivity index (χ4v) is 3.02. The standard InChI is InChI=1S/C22H17N3O2/c26-21(16-8-2-1-3-9-16)18-10-4-5-11-19(18)22(27)23-14-17-15-24-25-13-7-6-12-20(17)25/h1-13,15H,14H2,(H,23,27). The van der Waals surface area contributed by atoms with E-state index in [1.54, 1.807) is 59.2 Å². The number of fused-ring (bicyclic) bond motifs is 1. The van der Waals surface area contributed by atoms with Crippen molar-refractivity contribution in [2.45, 2.75) is 6.54 Å². The summed E-state index contributed by atoms with van der Waals surface area (Å²) in [6, 6.07) is 21.6. The highest BCUT2D eigenvalue weighted by molar-refractivity contribution is 6.15. The van der Waals surface area contributed by atoms with Gasteiger partial charge in [-0.05, 0) is 18.2 Å². The van der Waals surface area contributed by atoms with Crippen LogP contribution < -0.4 is 5.32 Å². The van der Waals surface area contributed by atoms with E-state index in [1.165, 1.54) is 0 Å². The van der Waals surface area contributed by atoms with Crippen molar-refractivity contribution < 1.29 is 9.59 Å². The number of carbonyl (C=O) groups excluding carboxylic acids is 2. The van der Waals surface area contributed by atoms with E-state index in [0.717, 1.165) is 11.1 Å². The molecule has 2 aromatic carbocycles. The van der Waals surface area contributed by atoms with Gasteiger partial charge in [-0.1, -0.05) is 54.6 Å². The van der Waals surface area contributed by atoms with Gasteiger partial charge in [-0.2, -0.15) is 5.10 Å². The van der Waals surface area contributed by atoms with Gasteiger partial charge < -0.3 is 5.32 Å². The Hall–Kier alpha value is -3.73. The molecule has 0 saturated carbocycles. The van der Waals surface area contributed by atoms with Crippen LogP contribution >= 0.6 is 0 Å². The predicted molar refractivity (Wildman–Crippen MR) is 103 cm³/mol. The fourth-order valence-electron chi connectivity index (χ4n) is 3.02. The largest absolute Gasteiger partial charge is 0.348 e.